The van der Waals surface area contributed by atoms with Crippen molar-refractivity contribution in [3.8, 4) is 5.75 Å². The van der Waals surface area contributed by atoms with Crippen LogP contribution < -0.4 is 15.5 Å². The van der Waals surface area contributed by atoms with Crippen molar-refractivity contribution in [3.05, 3.63) is 63.9 Å². The molecule has 0 aliphatic rings. The monoisotopic (exact) mass is 387 g/mol. The van der Waals surface area contributed by atoms with Gasteiger partial charge >= 0.3 is 0 Å². The Kier molecular flexibility index (Phi) is 6.05. The standard InChI is InChI=1S/C19H18ClN3O4/c1-26-9-10-27-19-14(20)6-4-7-15(19)22-18(25)12-23-16-8-3-2-5-13(16)17(24)11-21-23/h2-8,11H,9-10,12H2,1H3,(H,22,25). The molecular weight excluding hydrogens is 370 g/mol. The third-order valence-electron chi connectivity index (χ3n) is 3.83. The molecule has 0 spiro atoms. The molecule has 27 heavy (non-hydrogen) atoms. The van der Waals surface area contributed by atoms with E-state index < -0.39 is 0 Å². The maximum absolute atomic E-state index is 12.5. The van der Waals surface area contributed by atoms with Crippen LogP contribution in [0.15, 0.2) is 53.5 Å². The largest absolute Gasteiger partial charge is 0.487 e. The van der Waals surface area contributed by atoms with Gasteiger partial charge in [-0.1, -0.05) is 29.8 Å². The van der Waals surface area contributed by atoms with Gasteiger partial charge in [0.1, 0.15) is 13.2 Å². The second-order valence-corrected chi connectivity index (χ2v) is 6.10. The first-order valence-corrected chi connectivity index (χ1v) is 8.63. The van der Waals surface area contributed by atoms with Crippen LogP contribution in [0.2, 0.25) is 5.02 Å². The van der Waals surface area contributed by atoms with Gasteiger partial charge in [0.25, 0.3) is 0 Å². The molecule has 2 aromatic carbocycles. The van der Waals surface area contributed by atoms with E-state index in [-0.39, 0.29) is 17.9 Å². The first-order chi connectivity index (χ1) is 13.1. The number of amides is 1. The third kappa shape index (κ3) is 4.45. The number of benzene rings is 2. The lowest BCUT2D eigenvalue weighted by Crippen LogP contribution is -2.23. The molecule has 1 N–H and O–H groups in total. The van der Waals surface area contributed by atoms with Crippen molar-refractivity contribution in [2.24, 2.45) is 0 Å². The summed E-state index contributed by atoms with van der Waals surface area (Å²) in [4.78, 5) is 24.4. The Hall–Kier alpha value is -2.90. The van der Waals surface area contributed by atoms with Gasteiger partial charge in [-0.25, -0.2) is 0 Å². The minimum absolute atomic E-state index is 0.0647. The van der Waals surface area contributed by atoms with Gasteiger partial charge in [-0.2, -0.15) is 5.10 Å². The molecule has 7 nitrogen and oxygen atoms in total. The van der Waals surface area contributed by atoms with E-state index in [0.29, 0.717) is 40.6 Å². The van der Waals surface area contributed by atoms with Crippen LogP contribution in [0, 0.1) is 0 Å². The van der Waals surface area contributed by atoms with E-state index in [1.807, 2.05) is 0 Å². The number of methoxy groups -OCH3 is 1. The Morgan fingerprint density at radius 1 is 1.19 bits per heavy atom. The molecule has 0 aliphatic carbocycles. The molecule has 0 unspecified atom stereocenters. The normalized spacial score (nSPS) is 10.7. The fourth-order valence-electron chi connectivity index (χ4n) is 2.59. The zero-order valence-corrected chi connectivity index (χ0v) is 15.4. The lowest BCUT2D eigenvalue weighted by atomic mass is 10.2. The van der Waals surface area contributed by atoms with E-state index in [9.17, 15) is 9.59 Å². The van der Waals surface area contributed by atoms with Crippen molar-refractivity contribution >= 4 is 34.1 Å². The zero-order valence-electron chi connectivity index (χ0n) is 14.6. The van der Waals surface area contributed by atoms with Crippen molar-refractivity contribution in [1.82, 2.24) is 9.78 Å². The highest BCUT2D eigenvalue weighted by Crippen LogP contribution is 2.32. The first-order valence-electron chi connectivity index (χ1n) is 8.25. The molecule has 140 valence electrons. The van der Waals surface area contributed by atoms with Crippen LogP contribution >= 0.6 is 11.6 Å². The van der Waals surface area contributed by atoms with Crippen LogP contribution in [0.3, 0.4) is 0 Å². The summed E-state index contributed by atoms with van der Waals surface area (Å²) in [6, 6.07) is 12.1. The van der Waals surface area contributed by atoms with Gasteiger partial charge < -0.3 is 14.8 Å². The maximum Gasteiger partial charge on any atom is 0.246 e. The van der Waals surface area contributed by atoms with Crippen LogP contribution in [0.1, 0.15) is 0 Å². The van der Waals surface area contributed by atoms with Gasteiger partial charge in [-0.05, 0) is 24.3 Å². The Morgan fingerprint density at radius 3 is 2.81 bits per heavy atom. The molecule has 0 fully saturated rings. The summed E-state index contributed by atoms with van der Waals surface area (Å²) in [6.45, 7) is 0.631. The molecule has 1 aromatic heterocycles. The Balaban J connectivity index is 1.80. The van der Waals surface area contributed by atoms with Gasteiger partial charge in [0.2, 0.25) is 11.3 Å². The Labute approximate surface area is 160 Å². The maximum atomic E-state index is 12.5. The van der Waals surface area contributed by atoms with Gasteiger partial charge in [0.15, 0.2) is 5.75 Å². The summed E-state index contributed by atoms with van der Waals surface area (Å²) >= 11 is 6.18. The number of ether oxygens (including phenoxy) is 2. The van der Waals surface area contributed by atoms with Crippen molar-refractivity contribution in [2.45, 2.75) is 6.54 Å². The Bertz CT molecular complexity index is 1020. The number of anilines is 1. The van der Waals surface area contributed by atoms with Gasteiger partial charge in [-0.15, -0.1) is 0 Å². The number of carbonyl (C=O) groups is 1. The number of hydrogen-bond donors (Lipinski definition) is 1. The number of fused-ring (bicyclic) bond motifs is 1. The molecule has 0 aliphatic heterocycles. The highest BCUT2D eigenvalue weighted by Gasteiger charge is 2.13. The predicted molar refractivity (Wildman–Crippen MR) is 103 cm³/mol. The summed E-state index contributed by atoms with van der Waals surface area (Å²) in [7, 11) is 1.57. The predicted octanol–water partition coefficient (Wildman–Crippen LogP) is 2.71. The smallest absolute Gasteiger partial charge is 0.246 e. The zero-order chi connectivity index (χ0) is 19.2. The average molecular weight is 388 g/mol. The molecule has 0 radical (unpaired) electrons. The molecule has 1 heterocycles. The minimum atomic E-state index is -0.324. The molecular formula is C19H18ClN3O4. The van der Waals surface area contributed by atoms with Crippen molar-refractivity contribution in [1.29, 1.82) is 0 Å². The number of carbonyl (C=O) groups excluding carboxylic acids is 1. The van der Waals surface area contributed by atoms with Gasteiger partial charge in [-0.3, -0.25) is 14.3 Å². The fraction of sp³-hybridized carbons (Fsp3) is 0.211. The molecule has 8 heteroatoms. The SMILES string of the molecule is COCCOc1c(Cl)cccc1NC(=O)Cn1ncc(=O)c2ccccc21. The van der Waals surface area contributed by atoms with Crippen LogP contribution in [0.5, 0.6) is 5.75 Å². The second kappa shape index (κ2) is 8.66. The van der Waals surface area contributed by atoms with Crippen LogP contribution in [0.25, 0.3) is 10.9 Å². The quantitative estimate of drug-likeness (QED) is 0.630. The molecule has 3 rings (SSSR count). The van der Waals surface area contributed by atoms with E-state index in [2.05, 4.69) is 10.4 Å². The lowest BCUT2D eigenvalue weighted by Gasteiger charge is -2.14. The van der Waals surface area contributed by atoms with E-state index >= 15 is 0 Å². The molecule has 0 atom stereocenters. The third-order valence-corrected chi connectivity index (χ3v) is 4.13. The first kappa shape index (κ1) is 18.9. The number of nitrogens with one attached hydrogen (secondary N) is 1. The lowest BCUT2D eigenvalue weighted by molar-refractivity contribution is -0.116. The van der Waals surface area contributed by atoms with E-state index in [0.717, 1.165) is 0 Å². The summed E-state index contributed by atoms with van der Waals surface area (Å²) in [5.41, 5.74) is 0.850. The van der Waals surface area contributed by atoms with Crippen LogP contribution in [0.4, 0.5) is 5.69 Å². The number of aromatic nitrogens is 2. The molecule has 3 aromatic rings. The van der Waals surface area contributed by atoms with Crippen molar-refractivity contribution in [2.75, 3.05) is 25.6 Å². The fourth-order valence-corrected chi connectivity index (χ4v) is 2.82. The topological polar surface area (TPSA) is 82.4 Å². The highest BCUT2D eigenvalue weighted by atomic mass is 35.5. The summed E-state index contributed by atoms with van der Waals surface area (Å²) in [5, 5.41) is 7.73. The van der Waals surface area contributed by atoms with Gasteiger partial charge in [0.05, 0.1) is 29.0 Å². The Morgan fingerprint density at radius 2 is 2.00 bits per heavy atom. The molecule has 0 bridgehead atoms. The van der Waals surface area contributed by atoms with E-state index in [1.54, 1.807) is 49.6 Å². The number of halogens is 1. The van der Waals surface area contributed by atoms with Crippen LogP contribution in [-0.4, -0.2) is 36.0 Å². The number of para-hydroxylation sites is 2. The van der Waals surface area contributed by atoms with Crippen LogP contribution in [-0.2, 0) is 16.1 Å². The van der Waals surface area contributed by atoms with Gasteiger partial charge in [0, 0.05) is 12.5 Å². The average Bonchev–Trinajstić information content (AvgIpc) is 2.66. The summed E-state index contributed by atoms with van der Waals surface area (Å²) in [6.07, 6.45) is 1.20. The molecule has 1 amide bonds. The number of rotatable bonds is 7. The van der Waals surface area contributed by atoms with Crippen molar-refractivity contribution < 1.29 is 14.3 Å². The highest BCUT2D eigenvalue weighted by molar-refractivity contribution is 6.32. The second-order valence-electron chi connectivity index (χ2n) is 5.69. The summed E-state index contributed by atoms with van der Waals surface area (Å²) < 4.78 is 12.0. The van der Waals surface area contributed by atoms with E-state index in [1.165, 1.54) is 10.9 Å². The molecule has 0 saturated carbocycles. The number of nitrogens with zero attached hydrogens (tertiary/aromatic N) is 2. The van der Waals surface area contributed by atoms with Crippen molar-refractivity contribution in [3.63, 3.8) is 0 Å². The minimum Gasteiger partial charge on any atom is -0.487 e. The van der Waals surface area contributed by atoms with E-state index in [4.69, 9.17) is 21.1 Å². The molecule has 0 saturated heterocycles. The summed E-state index contributed by atoms with van der Waals surface area (Å²) in [5.74, 6) is 0.0532. The number of hydrogen-bond acceptors (Lipinski definition) is 5.